The van der Waals surface area contributed by atoms with E-state index in [4.69, 9.17) is 0 Å². The van der Waals surface area contributed by atoms with Crippen LogP contribution in [0.3, 0.4) is 0 Å². The first-order chi connectivity index (χ1) is 12.9. The van der Waals surface area contributed by atoms with Crippen LogP contribution in [0.4, 0.5) is 15.8 Å². The van der Waals surface area contributed by atoms with Crippen molar-refractivity contribution in [3.05, 3.63) is 69.5 Å². The molecule has 3 rings (SSSR count). The Balaban J connectivity index is 1.91. The van der Waals surface area contributed by atoms with Gasteiger partial charge in [-0.1, -0.05) is 12.1 Å². The van der Waals surface area contributed by atoms with Gasteiger partial charge in [0.15, 0.2) is 0 Å². The summed E-state index contributed by atoms with van der Waals surface area (Å²) in [5.41, 5.74) is 0.903. The zero-order valence-corrected chi connectivity index (χ0v) is 14.8. The van der Waals surface area contributed by atoms with Crippen LogP contribution in [0.25, 0.3) is 0 Å². The van der Waals surface area contributed by atoms with Gasteiger partial charge in [-0.25, -0.2) is 4.39 Å². The van der Waals surface area contributed by atoms with Gasteiger partial charge in [0, 0.05) is 31.3 Å². The van der Waals surface area contributed by atoms with Gasteiger partial charge in [0.05, 0.1) is 11.0 Å². The Morgan fingerprint density at radius 1 is 1.33 bits per heavy atom. The number of halogens is 1. The van der Waals surface area contributed by atoms with Crippen LogP contribution in [0.2, 0.25) is 0 Å². The fraction of sp³-hybridized carbons (Fsp3) is 0.316. The Morgan fingerprint density at radius 2 is 2.00 bits per heavy atom. The number of anilines is 1. The second-order valence-electron chi connectivity index (χ2n) is 6.49. The average molecular weight is 373 g/mol. The lowest BCUT2D eigenvalue weighted by Crippen LogP contribution is -2.31. The summed E-state index contributed by atoms with van der Waals surface area (Å²) in [7, 11) is 1.46. The number of carbonyl (C=O) groups excluding carboxylic acids is 1. The molecule has 7 nitrogen and oxygen atoms in total. The topological polar surface area (TPSA) is 95.7 Å². The Bertz CT molecular complexity index is 853. The normalized spacial score (nSPS) is 14.5. The van der Waals surface area contributed by atoms with Crippen molar-refractivity contribution >= 4 is 17.3 Å². The highest BCUT2D eigenvalue weighted by molar-refractivity contribution is 5.95. The second-order valence-corrected chi connectivity index (χ2v) is 6.49. The molecule has 0 aliphatic heterocycles. The van der Waals surface area contributed by atoms with E-state index in [-0.39, 0.29) is 23.8 Å². The number of hydrogen-bond acceptors (Lipinski definition) is 5. The summed E-state index contributed by atoms with van der Waals surface area (Å²) in [6.45, 7) is 0.135. The van der Waals surface area contributed by atoms with Gasteiger partial charge in [0.25, 0.3) is 11.6 Å². The molecule has 0 bridgehead atoms. The Morgan fingerprint density at radius 3 is 2.56 bits per heavy atom. The summed E-state index contributed by atoms with van der Waals surface area (Å²) in [5.74, 6) is -0.806. The van der Waals surface area contributed by atoms with Crippen molar-refractivity contribution in [3.63, 3.8) is 0 Å². The molecule has 2 aromatic carbocycles. The number of carbonyl (C=O) groups is 1. The molecule has 1 aliphatic rings. The van der Waals surface area contributed by atoms with Crippen LogP contribution in [-0.4, -0.2) is 35.6 Å². The first-order valence-corrected chi connectivity index (χ1v) is 8.61. The molecule has 2 N–H and O–H groups in total. The lowest BCUT2D eigenvalue weighted by molar-refractivity contribution is -0.384. The van der Waals surface area contributed by atoms with Crippen LogP contribution in [0, 0.1) is 15.9 Å². The third kappa shape index (κ3) is 4.22. The van der Waals surface area contributed by atoms with Crippen molar-refractivity contribution in [2.75, 3.05) is 18.5 Å². The summed E-state index contributed by atoms with van der Waals surface area (Å²) in [5, 5.41) is 24.5. The van der Waals surface area contributed by atoms with E-state index in [1.54, 1.807) is 11.0 Å². The van der Waals surface area contributed by atoms with Crippen LogP contribution in [-0.2, 0) is 0 Å². The van der Waals surface area contributed by atoms with E-state index in [2.05, 4.69) is 5.32 Å². The molecule has 8 heteroatoms. The molecule has 1 fully saturated rings. The van der Waals surface area contributed by atoms with Crippen LogP contribution >= 0.6 is 0 Å². The van der Waals surface area contributed by atoms with E-state index < -0.39 is 22.8 Å². The summed E-state index contributed by atoms with van der Waals surface area (Å²) < 4.78 is 13.1. The van der Waals surface area contributed by atoms with E-state index >= 15 is 0 Å². The van der Waals surface area contributed by atoms with Crippen molar-refractivity contribution < 1.29 is 19.2 Å². The third-order valence-electron chi connectivity index (χ3n) is 4.58. The van der Waals surface area contributed by atoms with Gasteiger partial charge in [-0.15, -0.1) is 0 Å². The Hall–Kier alpha value is -3.00. The summed E-state index contributed by atoms with van der Waals surface area (Å²) >= 11 is 0. The van der Waals surface area contributed by atoms with Crippen molar-refractivity contribution in [1.82, 2.24) is 5.32 Å². The molecule has 1 amide bonds. The zero-order chi connectivity index (χ0) is 19.6. The average Bonchev–Trinajstić information content (AvgIpc) is 3.50. The maximum absolute atomic E-state index is 13.1. The summed E-state index contributed by atoms with van der Waals surface area (Å²) in [6, 6.07) is 9.92. The molecule has 1 saturated carbocycles. The van der Waals surface area contributed by atoms with Crippen LogP contribution in [0.15, 0.2) is 42.5 Å². The first kappa shape index (κ1) is 18.8. The third-order valence-corrected chi connectivity index (χ3v) is 4.58. The van der Waals surface area contributed by atoms with Crippen LogP contribution in [0.1, 0.15) is 34.9 Å². The van der Waals surface area contributed by atoms with Gasteiger partial charge in [-0.05, 0) is 42.7 Å². The number of benzene rings is 2. The first-order valence-electron chi connectivity index (χ1n) is 8.61. The fourth-order valence-electron chi connectivity index (χ4n) is 3.01. The van der Waals surface area contributed by atoms with Gasteiger partial charge in [0.1, 0.15) is 11.5 Å². The maximum Gasteiger partial charge on any atom is 0.293 e. The number of nitrogens with one attached hydrogen (secondary N) is 1. The number of hydrogen-bond donors (Lipinski definition) is 2. The number of aliphatic hydroxyl groups is 1. The predicted octanol–water partition coefficient (Wildman–Crippen LogP) is 2.80. The van der Waals surface area contributed by atoms with Gasteiger partial charge < -0.3 is 15.3 Å². The van der Waals surface area contributed by atoms with Gasteiger partial charge in [0.2, 0.25) is 0 Å². The summed E-state index contributed by atoms with van der Waals surface area (Å²) in [4.78, 5) is 24.6. The van der Waals surface area contributed by atoms with E-state index in [9.17, 15) is 24.4 Å². The van der Waals surface area contributed by atoms with Gasteiger partial charge >= 0.3 is 0 Å². The number of nitro groups is 1. The highest BCUT2D eigenvalue weighted by Gasteiger charge is 2.34. The number of nitrogens with zero attached hydrogens (tertiary/aromatic N) is 2. The summed E-state index contributed by atoms with van der Waals surface area (Å²) in [6.07, 6.45) is 0.805. The molecule has 1 atom stereocenters. The molecule has 2 aromatic rings. The molecule has 0 radical (unpaired) electrons. The van der Waals surface area contributed by atoms with Crippen molar-refractivity contribution in [3.8, 4) is 0 Å². The SMILES string of the molecule is CNC(=O)c1ccc(N(C[C@H](O)c2ccc(F)cc2)C2CC2)c([N+](=O)[O-])c1. The lowest BCUT2D eigenvalue weighted by Gasteiger charge is -2.27. The van der Waals surface area contributed by atoms with E-state index in [1.165, 1.54) is 43.4 Å². The van der Waals surface area contributed by atoms with Crippen molar-refractivity contribution in [2.45, 2.75) is 25.0 Å². The molecule has 1 aliphatic carbocycles. The molecule has 0 aromatic heterocycles. The van der Waals surface area contributed by atoms with E-state index in [0.29, 0.717) is 11.3 Å². The minimum atomic E-state index is -0.926. The standard InChI is InChI=1S/C19H20FN3O4/c1-21-19(25)13-4-9-16(17(10-13)23(26)27)22(15-7-8-15)11-18(24)12-2-5-14(20)6-3-12/h2-6,9-10,15,18,24H,7-8,11H2,1H3,(H,21,25)/t18-/m0/s1. The largest absolute Gasteiger partial charge is 0.387 e. The molecule has 0 saturated heterocycles. The Labute approximate surface area is 155 Å². The van der Waals surface area contributed by atoms with Crippen LogP contribution in [0.5, 0.6) is 0 Å². The molecule has 0 spiro atoms. The second kappa shape index (κ2) is 7.71. The lowest BCUT2D eigenvalue weighted by atomic mass is 10.1. The smallest absolute Gasteiger partial charge is 0.293 e. The zero-order valence-electron chi connectivity index (χ0n) is 14.8. The number of rotatable bonds is 7. The monoisotopic (exact) mass is 373 g/mol. The highest BCUT2D eigenvalue weighted by Crippen LogP contribution is 2.38. The van der Waals surface area contributed by atoms with Crippen LogP contribution < -0.4 is 10.2 Å². The fourth-order valence-corrected chi connectivity index (χ4v) is 3.01. The number of amides is 1. The van der Waals surface area contributed by atoms with Crippen molar-refractivity contribution in [1.29, 1.82) is 0 Å². The predicted molar refractivity (Wildman–Crippen MR) is 98.2 cm³/mol. The molecule has 0 heterocycles. The van der Waals surface area contributed by atoms with E-state index in [1.807, 2.05) is 0 Å². The molecular formula is C19H20FN3O4. The molecule has 0 unspecified atom stereocenters. The molecule has 142 valence electrons. The minimum absolute atomic E-state index is 0.0876. The Kier molecular flexibility index (Phi) is 5.36. The minimum Gasteiger partial charge on any atom is -0.387 e. The molecular weight excluding hydrogens is 353 g/mol. The highest BCUT2D eigenvalue weighted by atomic mass is 19.1. The quantitative estimate of drug-likeness (QED) is 0.575. The maximum atomic E-state index is 13.1. The number of aliphatic hydroxyl groups excluding tert-OH is 1. The van der Waals surface area contributed by atoms with Gasteiger partial charge in [-0.3, -0.25) is 14.9 Å². The van der Waals surface area contributed by atoms with E-state index in [0.717, 1.165) is 12.8 Å². The van der Waals surface area contributed by atoms with Gasteiger partial charge in [-0.2, -0.15) is 0 Å². The van der Waals surface area contributed by atoms with Crippen molar-refractivity contribution in [2.24, 2.45) is 0 Å². The number of nitro benzene ring substituents is 1. The molecule has 27 heavy (non-hydrogen) atoms.